The highest BCUT2D eigenvalue weighted by molar-refractivity contribution is 5.90. The van der Waals surface area contributed by atoms with Crippen LogP contribution in [0.3, 0.4) is 0 Å². The Morgan fingerprint density at radius 2 is 2.00 bits per heavy atom. The highest BCUT2D eigenvalue weighted by Gasteiger charge is 2.38. The molecule has 160 valence electrons. The van der Waals surface area contributed by atoms with Gasteiger partial charge in [0.1, 0.15) is 12.4 Å². The summed E-state index contributed by atoms with van der Waals surface area (Å²) in [5, 5.41) is 0. The smallest absolute Gasteiger partial charge is 0.434 e. The van der Waals surface area contributed by atoms with Gasteiger partial charge in [0.25, 0.3) is 0 Å². The van der Waals surface area contributed by atoms with E-state index in [-0.39, 0.29) is 11.5 Å². The van der Waals surface area contributed by atoms with E-state index >= 15 is 0 Å². The van der Waals surface area contributed by atoms with E-state index in [9.17, 15) is 18.0 Å². The van der Waals surface area contributed by atoms with Crippen molar-refractivity contribution in [2.24, 2.45) is 0 Å². The molecule has 2 aliphatic rings. The van der Waals surface area contributed by atoms with Crippen molar-refractivity contribution in [3.8, 4) is 11.3 Å². The number of nitrogen functional groups attached to an aromatic ring is 1. The van der Waals surface area contributed by atoms with Gasteiger partial charge in [-0.3, -0.25) is 4.90 Å². The first-order chi connectivity index (χ1) is 17.2. The number of hydrogen-bond acceptors (Lipinski definition) is 9. The third kappa shape index (κ3) is 3.79. The van der Waals surface area contributed by atoms with Crippen LogP contribution >= 0.6 is 0 Å². The van der Waals surface area contributed by atoms with E-state index < -0.39 is 79.1 Å². The van der Waals surface area contributed by atoms with Crippen molar-refractivity contribution in [1.82, 2.24) is 19.9 Å². The molecule has 0 aliphatic carbocycles. The Hall–Kier alpha value is -3.22. The normalized spacial score (nSPS) is 30.5. The van der Waals surface area contributed by atoms with Crippen molar-refractivity contribution in [2.45, 2.75) is 19.1 Å². The van der Waals surface area contributed by atoms with Crippen LogP contribution < -0.4 is 15.5 Å². The van der Waals surface area contributed by atoms with Gasteiger partial charge in [0.2, 0.25) is 11.9 Å². The van der Waals surface area contributed by atoms with Crippen LogP contribution in [0.15, 0.2) is 12.3 Å². The van der Waals surface area contributed by atoms with E-state index in [4.69, 9.17) is 21.4 Å². The Bertz CT molecular complexity index is 1270. The maximum absolute atomic E-state index is 13.8. The van der Waals surface area contributed by atoms with Gasteiger partial charge >= 0.3 is 12.3 Å². The molecule has 1 atom stereocenters. The van der Waals surface area contributed by atoms with Gasteiger partial charge in [-0.2, -0.15) is 18.2 Å². The van der Waals surface area contributed by atoms with Gasteiger partial charge < -0.3 is 20.1 Å². The quantitative estimate of drug-likeness (QED) is 0.771. The van der Waals surface area contributed by atoms with Crippen LogP contribution in [0.5, 0.6) is 0 Å². The minimum absolute atomic E-state index is 0.131. The standard InChI is InChI=1S/C17H18F3N7O3/c1-9-8-30-16(28)27(9)12-6-11(23-15(24-12)26-2-4-29-5-3-26)10-7-22-14(21)25-13(10)17(18,19)20/h6-7,9H,2-5,8H2,1H3,(H2,21,22,25)/t9-/m0/s1/i2D2,3D2,4D2,5D2. The number of cyclic esters (lactones) is 1. The molecule has 0 aromatic carbocycles. The second-order valence-corrected chi connectivity index (χ2v) is 6.06. The molecule has 2 aromatic heterocycles. The Morgan fingerprint density at radius 1 is 1.27 bits per heavy atom. The average molecular weight is 433 g/mol. The zero-order chi connectivity index (χ0) is 28.6. The molecule has 4 rings (SSSR count). The van der Waals surface area contributed by atoms with Crippen molar-refractivity contribution < 1.29 is 38.4 Å². The third-order valence-corrected chi connectivity index (χ3v) is 4.00. The van der Waals surface area contributed by atoms with E-state index in [0.717, 1.165) is 11.0 Å². The first-order valence-electron chi connectivity index (χ1n) is 12.3. The van der Waals surface area contributed by atoms with Gasteiger partial charge in [-0.25, -0.2) is 19.7 Å². The van der Waals surface area contributed by atoms with Crippen LogP contribution in [0.4, 0.5) is 35.7 Å². The van der Waals surface area contributed by atoms with Crippen molar-refractivity contribution in [2.75, 3.05) is 48.3 Å². The largest absolute Gasteiger partial charge is 0.447 e. The summed E-state index contributed by atoms with van der Waals surface area (Å²) in [5.74, 6) is -2.33. The van der Waals surface area contributed by atoms with Crippen LogP contribution in [-0.4, -0.2) is 64.8 Å². The molecule has 0 radical (unpaired) electrons. The lowest BCUT2D eigenvalue weighted by Gasteiger charge is -2.28. The topological polar surface area (TPSA) is 120 Å². The molecule has 2 N–H and O–H groups in total. The summed E-state index contributed by atoms with van der Waals surface area (Å²) in [6.45, 7) is -12.7. The molecule has 10 nitrogen and oxygen atoms in total. The molecule has 13 heteroatoms. The van der Waals surface area contributed by atoms with Crippen LogP contribution in [0, 0.1) is 0 Å². The van der Waals surface area contributed by atoms with Gasteiger partial charge in [0.05, 0.1) is 35.8 Å². The number of alkyl halides is 3. The molecule has 2 fully saturated rings. The zero-order valence-electron chi connectivity index (χ0n) is 23.1. The predicted molar refractivity (Wildman–Crippen MR) is 98.8 cm³/mol. The van der Waals surface area contributed by atoms with E-state index in [2.05, 4.69) is 24.7 Å². The number of rotatable bonds is 3. The number of nitrogens with zero attached hydrogens (tertiary/aromatic N) is 6. The number of morpholine rings is 1. The number of halogens is 3. The number of carbonyl (C=O) groups excluding carboxylic acids is 1. The monoisotopic (exact) mass is 433 g/mol. The summed E-state index contributed by atoms with van der Waals surface area (Å²) in [4.78, 5) is 27.6. The molecule has 0 unspecified atom stereocenters. The number of ether oxygens (including phenoxy) is 2. The lowest BCUT2D eigenvalue weighted by Crippen LogP contribution is -2.38. The second-order valence-electron chi connectivity index (χ2n) is 6.06. The van der Waals surface area contributed by atoms with Crippen LogP contribution in [0.25, 0.3) is 11.3 Å². The van der Waals surface area contributed by atoms with Gasteiger partial charge in [0, 0.05) is 30.8 Å². The number of nitrogens with two attached hydrogens (primary N) is 1. The summed E-state index contributed by atoms with van der Waals surface area (Å²) < 4.78 is 115. The van der Waals surface area contributed by atoms with E-state index in [0.29, 0.717) is 6.20 Å². The Labute approximate surface area is 180 Å². The average Bonchev–Trinajstić information content (AvgIpc) is 3.08. The zero-order valence-corrected chi connectivity index (χ0v) is 15.1. The number of amides is 1. The van der Waals surface area contributed by atoms with Gasteiger partial charge in [-0.15, -0.1) is 0 Å². The molecule has 4 heterocycles. The molecule has 30 heavy (non-hydrogen) atoms. The summed E-state index contributed by atoms with van der Waals surface area (Å²) in [7, 11) is 0. The molecule has 0 bridgehead atoms. The summed E-state index contributed by atoms with van der Waals surface area (Å²) in [5.41, 5.74) is 2.23. The van der Waals surface area contributed by atoms with E-state index in [1.165, 1.54) is 6.92 Å². The van der Waals surface area contributed by atoms with Crippen molar-refractivity contribution in [3.63, 3.8) is 0 Å². The lowest BCUT2D eigenvalue weighted by molar-refractivity contribution is -0.140. The fourth-order valence-electron chi connectivity index (χ4n) is 2.71. The first-order valence-corrected chi connectivity index (χ1v) is 8.26. The fraction of sp³-hybridized carbons (Fsp3) is 0.471. The molecule has 2 saturated heterocycles. The third-order valence-electron chi connectivity index (χ3n) is 4.00. The molecular formula is C17H18F3N7O3. The van der Waals surface area contributed by atoms with Crippen molar-refractivity contribution >= 4 is 23.8 Å². The summed E-state index contributed by atoms with van der Waals surface area (Å²) in [6, 6.07) is 0.143. The maximum Gasteiger partial charge on any atom is 0.434 e. The SMILES string of the molecule is [2H]C1([2H])OC([2H])([2H])C([2H])([2H])N(c2nc(-c3cnc(N)nc3C(F)(F)F)cc(N3C(=O)OC[C@@H]3C)n2)C1([2H])[2H]. The van der Waals surface area contributed by atoms with Crippen LogP contribution in [0.2, 0.25) is 0 Å². The summed E-state index contributed by atoms with van der Waals surface area (Å²) >= 11 is 0. The second kappa shape index (κ2) is 7.55. The molecular weight excluding hydrogens is 407 g/mol. The molecule has 0 spiro atoms. The minimum Gasteiger partial charge on any atom is -0.447 e. The van der Waals surface area contributed by atoms with Crippen molar-refractivity contribution in [1.29, 1.82) is 0 Å². The molecule has 0 saturated carbocycles. The predicted octanol–water partition coefficient (Wildman–Crippen LogP) is 1.72. The highest BCUT2D eigenvalue weighted by Crippen LogP contribution is 2.37. The number of aromatic nitrogens is 4. The maximum atomic E-state index is 13.8. The lowest BCUT2D eigenvalue weighted by atomic mass is 10.1. The minimum atomic E-state index is -5.10. The summed E-state index contributed by atoms with van der Waals surface area (Å²) in [6.07, 6.45) is -5.45. The van der Waals surface area contributed by atoms with Crippen molar-refractivity contribution in [3.05, 3.63) is 18.0 Å². The molecule has 1 amide bonds. The fourth-order valence-corrected chi connectivity index (χ4v) is 2.71. The molecule has 2 aliphatic heterocycles. The number of anilines is 3. The Morgan fingerprint density at radius 3 is 2.63 bits per heavy atom. The van der Waals surface area contributed by atoms with E-state index in [1.807, 2.05) is 0 Å². The highest BCUT2D eigenvalue weighted by atomic mass is 19.4. The Kier molecular flexibility index (Phi) is 3.14. The number of carbonyl (C=O) groups is 1. The van der Waals surface area contributed by atoms with Gasteiger partial charge in [0.15, 0.2) is 5.69 Å². The first kappa shape index (κ1) is 12.5. The van der Waals surface area contributed by atoms with Gasteiger partial charge in [-0.05, 0) is 6.92 Å². The van der Waals surface area contributed by atoms with E-state index in [1.54, 1.807) is 0 Å². The van der Waals surface area contributed by atoms with Crippen LogP contribution in [-0.2, 0) is 15.7 Å². The molecule has 2 aromatic rings. The van der Waals surface area contributed by atoms with Crippen LogP contribution in [0.1, 0.15) is 23.6 Å². The van der Waals surface area contributed by atoms with Gasteiger partial charge in [-0.1, -0.05) is 0 Å². The number of hydrogen-bond donors (Lipinski definition) is 1. The Balaban J connectivity index is 2.05.